The van der Waals surface area contributed by atoms with Crippen LogP contribution in [0.5, 0.6) is 0 Å². The van der Waals surface area contributed by atoms with Gasteiger partial charge >= 0.3 is 0 Å². The summed E-state index contributed by atoms with van der Waals surface area (Å²) in [5.41, 5.74) is 2.21. The zero-order chi connectivity index (χ0) is 14.8. The Labute approximate surface area is 123 Å². The highest BCUT2D eigenvalue weighted by Gasteiger charge is 2.03. The molecule has 0 aliphatic rings. The topological polar surface area (TPSA) is 12.5 Å². The van der Waals surface area contributed by atoms with E-state index in [-0.39, 0.29) is 0 Å². The summed E-state index contributed by atoms with van der Waals surface area (Å²) in [4.78, 5) is 1.99. The van der Waals surface area contributed by atoms with Crippen LogP contribution in [-0.4, -0.2) is 19.7 Å². The van der Waals surface area contributed by atoms with Gasteiger partial charge in [-0.05, 0) is 30.0 Å². The van der Waals surface area contributed by atoms with Crippen molar-refractivity contribution in [2.24, 2.45) is 5.92 Å². The molecule has 0 aliphatic carbocycles. The van der Waals surface area contributed by atoms with E-state index in [9.17, 15) is 0 Å². The Bertz CT molecular complexity index is 446. The molecule has 0 aromatic heterocycles. The number of ether oxygens (including phenoxy) is 1. The van der Waals surface area contributed by atoms with Crippen molar-refractivity contribution in [3.05, 3.63) is 29.8 Å². The maximum absolute atomic E-state index is 5.65. The van der Waals surface area contributed by atoms with Crippen molar-refractivity contribution in [1.82, 2.24) is 0 Å². The van der Waals surface area contributed by atoms with Crippen LogP contribution >= 0.6 is 0 Å². The molecule has 1 rings (SSSR count). The van der Waals surface area contributed by atoms with Crippen LogP contribution in [0.3, 0.4) is 0 Å². The normalized spacial score (nSPS) is 10.1. The Morgan fingerprint density at radius 1 is 1.10 bits per heavy atom. The number of hydrogen-bond donors (Lipinski definition) is 0. The van der Waals surface area contributed by atoms with Crippen LogP contribution in [0.1, 0.15) is 25.8 Å². The lowest BCUT2D eigenvalue weighted by Gasteiger charge is -2.19. The minimum absolute atomic E-state index is 0.522. The molecule has 0 N–H and O–H groups in total. The maximum Gasteiger partial charge on any atom is 0.0801 e. The van der Waals surface area contributed by atoms with Gasteiger partial charge in [-0.15, -0.1) is 12.8 Å². The molecular formula is C18H23NO. The summed E-state index contributed by atoms with van der Waals surface area (Å²) in [6.45, 7) is 6.90. The lowest BCUT2D eigenvalue weighted by molar-refractivity contribution is 0.110. The van der Waals surface area contributed by atoms with Crippen LogP contribution in [0.15, 0.2) is 24.3 Å². The molecule has 0 atom stereocenters. The van der Waals surface area contributed by atoms with Gasteiger partial charge in [0.25, 0.3) is 0 Å². The van der Waals surface area contributed by atoms with Gasteiger partial charge in [0.15, 0.2) is 0 Å². The Kier molecular flexibility index (Phi) is 7.33. The number of benzene rings is 1. The summed E-state index contributed by atoms with van der Waals surface area (Å²) >= 11 is 0. The molecule has 1 aromatic carbocycles. The Balaban J connectivity index is 2.51. The minimum Gasteiger partial charge on any atom is -0.377 e. The predicted molar refractivity (Wildman–Crippen MR) is 85.4 cm³/mol. The van der Waals surface area contributed by atoms with E-state index in [0.29, 0.717) is 25.6 Å². The van der Waals surface area contributed by atoms with Gasteiger partial charge in [0.2, 0.25) is 0 Å². The van der Waals surface area contributed by atoms with Crippen LogP contribution in [0.25, 0.3) is 0 Å². The van der Waals surface area contributed by atoms with Crippen LogP contribution in [0.4, 0.5) is 5.69 Å². The summed E-state index contributed by atoms with van der Waals surface area (Å²) in [5, 5.41) is 0. The molecule has 1 aromatic rings. The van der Waals surface area contributed by atoms with E-state index in [1.165, 1.54) is 5.56 Å². The molecule has 0 heterocycles. The van der Waals surface area contributed by atoms with Crippen LogP contribution < -0.4 is 4.90 Å². The molecule has 2 heteroatoms. The summed E-state index contributed by atoms with van der Waals surface area (Å²) in [6, 6.07) is 8.20. The first-order chi connectivity index (χ1) is 9.67. The molecule has 0 spiro atoms. The summed E-state index contributed by atoms with van der Waals surface area (Å²) in [5.74, 6) is 5.93. The van der Waals surface area contributed by atoms with E-state index in [2.05, 4.69) is 37.8 Å². The molecule has 0 fully saturated rings. The molecule has 0 radical (unpaired) electrons. The first-order valence-electron chi connectivity index (χ1n) is 6.96. The molecule has 0 saturated heterocycles. The van der Waals surface area contributed by atoms with E-state index >= 15 is 0 Å². The number of rotatable bonds is 8. The van der Waals surface area contributed by atoms with Gasteiger partial charge < -0.3 is 9.64 Å². The number of terminal acetylenes is 2. The fourth-order valence-corrected chi connectivity index (χ4v) is 1.77. The fraction of sp³-hybridized carbons (Fsp3) is 0.444. The maximum atomic E-state index is 5.65. The van der Waals surface area contributed by atoms with E-state index in [1.54, 1.807) is 0 Å². The van der Waals surface area contributed by atoms with Crippen LogP contribution in [0.2, 0.25) is 0 Å². The van der Waals surface area contributed by atoms with Gasteiger partial charge in [0, 0.05) is 12.3 Å². The van der Waals surface area contributed by atoms with Gasteiger partial charge in [-0.3, -0.25) is 0 Å². The second kappa shape index (κ2) is 9.08. The summed E-state index contributed by atoms with van der Waals surface area (Å²) in [6.07, 6.45) is 11.8. The van der Waals surface area contributed by atoms with E-state index in [0.717, 1.165) is 18.7 Å². The SMILES string of the molecule is C#CCN(CC#C)c1ccc(COCCC(C)C)cc1. The molecule has 2 nitrogen and oxygen atoms in total. The zero-order valence-corrected chi connectivity index (χ0v) is 12.4. The number of anilines is 1. The van der Waals surface area contributed by atoms with Crippen LogP contribution in [0, 0.1) is 30.6 Å². The summed E-state index contributed by atoms with van der Waals surface area (Å²) in [7, 11) is 0. The van der Waals surface area contributed by atoms with Crippen molar-refractivity contribution in [3.8, 4) is 24.7 Å². The fourth-order valence-electron chi connectivity index (χ4n) is 1.77. The smallest absolute Gasteiger partial charge is 0.0801 e. The molecule has 106 valence electrons. The highest BCUT2D eigenvalue weighted by Crippen LogP contribution is 2.15. The third kappa shape index (κ3) is 5.83. The molecule has 0 aliphatic heterocycles. The van der Waals surface area contributed by atoms with Gasteiger partial charge in [-0.25, -0.2) is 0 Å². The molecule has 0 unspecified atom stereocenters. The van der Waals surface area contributed by atoms with Gasteiger partial charge in [-0.2, -0.15) is 0 Å². The third-order valence-corrected chi connectivity index (χ3v) is 2.97. The Morgan fingerprint density at radius 2 is 1.70 bits per heavy atom. The average molecular weight is 269 g/mol. The minimum atomic E-state index is 0.522. The molecular weight excluding hydrogens is 246 g/mol. The summed E-state index contributed by atoms with van der Waals surface area (Å²) < 4.78 is 5.65. The van der Waals surface area contributed by atoms with Crippen molar-refractivity contribution in [3.63, 3.8) is 0 Å². The highest BCUT2D eigenvalue weighted by atomic mass is 16.5. The first kappa shape index (κ1) is 16.2. The van der Waals surface area contributed by atoms with Crippen molar-refractivity contribution in [2.75, 3.05) is 24.6 Å². The zero-order valence-electron chi connectivity index (χ0n) is 12.4. The lowest BCUT2D eigenvalue weighted by Crippen LogP contribution is -2.23. The second-order valence-corrected chi connectivity index (χ2v) is 5.17. The van der Waals surface area contributed by atoms with E-state index < -0.39 is 0 Å². The van der Waals surface area contributed by atoms with E-state index in [4.69, 9.17) is 17.6 Å². The number of hydrogen-bond acceptors (Lipinski definition) is 2. The lowest BCUT2D eigenvalue weighted by atomic mass is 10.1. The second-order valence-electron chi connectivity index (χ2n) is 5.17. The largest absolute Gasteiger partial charge is 0.377 e. The molecule has 0 bridgehead atoms. The van der Waals surface area contributed by atoms with Gasteiger partial charge in [-0.1, -0.05) is 37.8 Å². The first-order valence-corrected chi connectivity index (χ1v) is 6.96. The van der Waals surface area contributed by atoms with Gasteiger partial charge in [0.05, 0.1) is 19.7 Å². The highest BCUT2D eigenvalue weighted by molar-refractivity contribution is 5.49. The standard InChI is InChI=1S/C18H23NO/c1-5-12-19(13-6-2)18-9-7-17(8-10-18)15-20-14-11-16(3)4/h1-2,7-10,16H,11-15H2,3-4H3. The Morgan fingerprint density at radius 3 is 2.20 bits per heavy atom. The molecule has 0 amide bonds. The van der Waals surface area contributed by atoms with Gasteiger partial charge in [0.1, 0.15) is 0 Å². The quantitative estimate of drug-likeness (QED) is 0.530. The van der Waals surface area contributed by atoms with Crippen molar-refractivity contribution < 1.29 is 4.74 Å². The molecule has 20 heavy (non-hydrogen) atoms. The van der Waals surface area contributed by atoms with Crippen molar-refractivity contribution >= 4 is 5.69 Å². The monoisotopic (exact) mass is 269 g/mol. The predicted octanol–water partition coefficient (Wildman–Crippen LogP) is 3.32. The van der Waals surface area contributed by atoms with Crippen molar-refractivity contribution in [2.45, 2.75) is 26.9 Å². The average Bonchev–Trinajstić information content (AvgIpc) is 2.44. The Hall–Kier alpha value is -1.90. The molecule has 0 saturated carbocycles. The van der Waals surface area contributed by atoms with Crippen LogP contribution in [-0.2, 0) is 11.3 Å². The van der Waals surface area contributed by atoms with E-state index in [1.807, 2.05) is 17.0 Å². The van der Waals surface area contributed by atoms with Crippen molar-refractivity contribution in [1.29, 1.82) is 0 Å². The third-order valence-electron chi connectivity index (χ3n) is 2.97. The number of nitrogens with zero attached hydrogens (tertiary/aromatic N) is 1.